The van der Waals surface area contributed by atoms with Crippen molar-refractivity contribution in [3.63, 3.8) is 0 Å². The second kappa shape index (κ2) is 6.01. The summed E-state index contributed by atoms with van der Waals surface area (Å²) in [6.07, 6.45) is 2.22. The van der Waals surface area contributed by atoms with E-state index in [9.17, 15) is 17.2 Å². The summed E-state index contributed by atoms with van der Waals surface area (Å²) in [6.45, 7) is 0.468. The Hall–Kier alpha value is -1.80. The summed E-state index contributed by atoms with van der Waals surface area (Å²) in [6, 6.07) is 5.03. The largest absolute Gasteiger partial charge is 0.296 e. The van der Waals surface area contributed by atoms with Crippen LogP contribution in [0, 0.1) is 11.6 Å². The average Bonchev–Trinajstić information content (AvgIpc) is 3.05. The second-order valence-corrected chi connectivity index (χ2v) is 8.05. The Morgan fingerprint density at radius 2 is 2.13 bits per heavy atom. The molecule has 124 valence electrons. The molecule has 0 bridgehead atoms. The Labute approximate surface area is 133 Å². The van der Waals surface area contributed by atoms with Crippen molar-refractivity contribution in [1.82, 2.24) is 14.7 Å². The third-order valence-electron chi connectivity index (χ3n) is 4.04. The number of rotatable bonds is 4. The number of nitrogens with zero attached hydrogens (tertiary/aromatic N) is 3. The Kier molecular flexibility index (Phi) is 4.20. The Balaban J connectivity index is 1.72. The van der Waals surface area contributed by atoms with Gasteiger partial charge in [0.25, 0.3) is 0 Å². The molecule has 1 aromatic carbocycles. The monoisotopic (exact) mass is 341 g/mol. The number of halogens is 2. The predicted octanol–water partition coefficient (Wildman–Crippen LogP) is 1.77. The third-order valence-corrected chi connectivity index (χ3v) is 5.79. The van der Waals surface area contributed by atoms with Gasteiger partial charge in [-0.15, -0.1) is 0 Å². The van der Waals surface area contributed by atoms with Gasteiger partial charge in [0.15, 0.2) is 15.7 Å². The summed E-state index contributed by atoms with van der Waals surface area (Å²) in [5.74, 6) is -0.940. The highest BCUT2D eigenvalue weighted by atomic mass is 32.2. The van der Waals surface area contributed by atoms with Crippen molar-refractivity contribution >= 4 is 9.84 Å². The van der Waals surface area contributed by atoms with Gasteiger partial charge in [0.1, 0.15) is 11.5 Å². The molecule has 23 heavy (non-hydrogen) atoms. The molecule has 1 aliphatic rings. The topological polar surface area (TPSA) is 55.2 Å². The zero-order valence-electron chi connectivity index (χ0n) is 12.6. The molecule has 2 aromatic rings. The lowest BCUT2D eigenvalue weighted by Crippen LogP contribution is -2.32. The highest BCUT2D eigenvalue weighted by Gasteiger charge is 2.30. The zero-order chi connectivity index (χ0) is 16.6. The smallest absolute Gasteiger partial charge is 0.151 e. The summed E-state index contributed by atoms with van der Waals surface area (Å²) in [4.78, 5) is 1.94. The first-order valence-corrected chi connectivity index (χ1v) is 9.07. The Bertz CT molecular complexity index is 820. The van der Waals surface area contributed by atoms with Gasteiger partial charge in [0.05, 0.1) is 17.2 Å². The summed E-state index contributed by atoms with van der Waals surface area (Å²) >= 11 is 0. The first kappa shape index (κ1) is 16.1. The van der Waals surface area contributed by atoms with Crippen LogP contribution in [0.4, 0.5) is 8.78 Å². The summed E-state index contributed by atoms with van der Waals surface area (Å²) in [5.41, 5.74) is 0.865. The van der Waals surface area contributed by atoms with Gasteiger partial charge >= 0.3 is 0 Å². The van der Waals surface area contributed by atoms with Crippen molar-refractivity contribution in [3.05, 3.63) is 47.8 Å². The van der Waals surface area contributed by atoms with Crippen LogP contribution >= 0.6 is 0 Å². The molecular formula is C15H17F2N3O2S. The number of hydrogen-bond donors (Lipinski definition) is 0. The molecule has 0 N–H and O–H groups in total. The van der Waals surface area contributed by atoms with E-state index >= 15 is 0 Å². The molecule has 8 heteroatoms. The lowest BCUT2D eigenvalue weighted by atomic mass is 10.2. The Morgan fingerprint density at radius 3 is 2.78 bits per heavy atom. The molecule has 0 spiro atoms. The maximum atomic E-state index is 13.8. The van der Waals surface area contributed by atoms with Gasteiger partial charge in [0.2, 0.25) is 0 Å². The molecule has 5 nitrogen and oxygen atoms in total. The highest BCUT2D eigenvalue weighted by molar-refractivity contribution is 7.91. The quantitative estimate of drug-likeness (QED) is 0.850. The lowest BCUT2D eigenvalue weighted by Gasteiger charge is -2.21. The van der Waals surface area contributed by atoms with Gasteiger partial charge in [-0.2, -0.15) is 5.10 Å². The maximum absolute atomic E-state index is 13.8. The van der Waals surface area contributed by atoms with Crippen LogP contribution in [0.1, 0.15) is 12.1 Å². The van der Waals surface area contributed by atoms with Gasteiger partial charge < -0.3 is 0 Å². The molecule has 0 radical (unpaired) electrons. The molecular weight excluding hydrogens is 324 g/mol. The van der Waals surface area contributed by atoms with Gasteiger partial charge in [-0.05, 0) is 31.7 Å². The molecule has 1 aliphatic heterocycles. The van der Waals surface area contributed by atoms with Gasteiger partial charge in [-0.25, -0.2) is 21.9 Å². The van der Waals surface area contributed by atoms with Crippen molar-refractivity contribution in [1.29, 1.82) is 0 Å². The van der Waals surface area contributed by atoms with Crippen LogP contribution in [0.25, 0.3) is 5.69 Å². The van der Waals surface area contributed by atoms with E-state index in [1.807, 2.05) is 11.9 Å². The van der Waals surface area contributed by atoms with Crippen molar-refractivity contribution in [2.24, 2.45) is 0 Å². The average molecular weight is 341 g/mol. The van der Waals surface area contributed by atoms with E-state index in [0.717, 1.165) is 6.07 Å². The minimum Gasteiger partial charge on any atom is -0.296 e. The van der Waals surface area contributed by atoms with E-state index in [4.69, 9.17) is 0 Å². The minimum atomic E-state index is -2.93. The van der Waals surface area contributed by atoms with E-state index in [0.29, 0.717) is 18.7 Å². The van der Waals surface area contributed by atoms with E-state index < -0.39 is 21.5 Å². The van der Waals surface area contributed by atoms with Crippen LogP contribution < -0.4 is 0 Å². The standard InChI is InChI=1S/C15H17F2N3O2S/c1-19(13-5-7-23(21,22)10-13)9-12-4-6-20(18-12)15-3-2-11(16)8-14(15)17/h2-4,6,8,13H,5,7,9-10H2,1H3/t13-/m1/s1. The van der Waals surface area contributed by atoms with Gasteiger partial charge in [-0.1, -0.05) is 0 Å². The molecule has 1 aromatic heterocycles. The fourth-order valence-electron chi connectivity index (χ4n) is 2.75. The normalized spacial score (nSPS) is 20.3. The number of hydrogen-bond acceptors (Lipinski definition) is 4. The predicted molar refractivity (Wildman–Crippen MR) is 82.0 cm³/mol. The van der Waals surface area contributed by atoms with Gasteiger partial charge in [0, 0.05) is 24.8 Å². The molecule has 0 unspecified atom stereocenters. The van der Waals surface area contributed by atoms with Crippen LogP contribution in [0.2, 0.25) is 0 Å². The molecule has 0 saturated carbocycles. The number of sulfone groups is 1. The molecule has 1 saturated heterocycles. The highest BCUT2D eigenvalue weighted by Crippen LogP contribution is 2.19. The van der Waals surface area contributed by atoms with E-state index in [-0.39, 0.29) is 23.2 Å². The molecule has 0 amide bonds. The summed E-state index contributed by atoms with van der Waals surface area (Å²) in [7, 11) is -1.08. The molecule has 1 atom stereocenters. The van der Waals surface area contributed by atoms with E-state index in [2.05, 4.69) is 5.10 Å². The molecule has 2 heterocycles. The van der Waals surface area contributed by atoms with Crippen LogP contribution in [0.5, 0.6) is 0 Å². The SMILES string of the molecule is CN(Cc1ccn(-c2ccc(F)cc2F)n1)[C@@H]1CCS(=O)(=O)C1. The van der Waals surface area contributed by atoms with Crippen LogP contribution in [0.3, 0.4) is 0 Å². The van der Waals surface area contributed by atoms with Crippen molar-refractivity contribution in [3.8, 4) is 5.69 Å². The number of benzene rings is 1. The van der Waals surface area contributed by atoms with Crippen molar-refractivity contribution in [2.45, 2.75) is 19.0 Å². The first-order chi connectivity index (χ1) is 10.8. The summed E-state index contributed by atoms with van der Waals surface area (Å²) < 4.78 is 51.1. The zero-order valence-corrected chi connectivity index (χ0v) is 13.4. The Morgan fingerprint density at radius 1 is 1.35 bits per heavy atom. The fraction of sp³-hybridized carbons (Fsp3) is 0.400. The lowest BCUT2D eigenvalue weighted by molar-refractivity contribution is 0.250. The van der Waals surface area contributed by atoms with Crippen LogP contribution in [-0.2, 0) is 16.4 Å². The van der Waals surface area contributed by atoms with Gasteiger partial charge in [-0.3, -0.25) is 4.90 Å². The summed E-state index contributed by atoms with van der Waals surface area (Å²) in [5, 5.41) is 4.28. The van der Waals surface area contributed by atoms with E-state index in [1.165, 1.54) is 16.8 Å². The van der Waals surface area contributed by atoms with Crippen molar-refractivity contribution < 1.29 is 17.2 Å². The molecule has 3 rings (SSSR count). The second-order valence-electron chi connectivity index (χ2n) is 5.82. The molecule has 0 aliphatic carbocycles. The third kappa shape index (κ3) is 3.59. The van der Waals surface area contributed by atoms with Crippen LogP contribution in [0.15, 0.2) is 30.5 Å². The first-order valence-electron chi connectivity index (χ1n) is 7.25. The maximum Gasteiger partial charge on any atom is 0.151 e. The van der Waals surface area contributed by atoms with Crippen molar-refractivity contribution in [2.75, 3.05) is 18.6 Å². The van der Waals surface area contributed by atoms with E-state index in [1.54, 1.807) is 12.3 Å². The number of aromatic nitrogens is 2. The minimum absolute atomic E-state index is 0.0206. The molecule has 1 fully saturated rings. The fourth-order valence-corrected chi connectivity index (χ4v) is 4.56. The van der Waals surface area contributed by atoms with Crippen LogP contribution in [-0.4, -0.2) is 47.7 Å².